The van der Waals surface area contributed by atoms with E-state index in [1.165, 1.54) is 45.9 Å². The number of carboxylic acids is 1. The number of fused-ring (bicyclic) bond motifs is 3. The highest BCUT2D eigenvalue weighted by Crippen LogP contribution is 2.33. The van der Waals surface area contributed by atoms with Gasteiger partial charge in [-0.1, -0.05) is 62.4 Å². The van der Waals surface area contributed by atoms with Crippen molar-refractivity contribution in [1.82, 2.24) is 25.4 Å². The van der Waals surface area contributed by atoms with Crippen molar-refractivity contribution < 1.29 is 38.6 Å². The lowest BCUT2D eigenvalue weighted by Crippen LogP contribution is -2.62. The van der Waals surface area contributed by atoms with E-state index in [0.717, 1.165) is 30.4 Å². The van der Waals surface area contributed by atoms with Crippen molar-refractivity contribution in [3.05, 3.63) is 94.0 Å². The van der Waals surface area contributed by atoms with Crippen LogP contribution in [0, 0.1) is 5.41 Å². The number of nitrogens with zero attached hydrogens (tertiary/aromatic N) is 3. The zero-order chi connectivity index (χ0) is 43.0. The van der Waals surface area contributed by atoms with E-state index in [1.807, 2.05) is 39.0 Å². The van der Waals surface area contributed by atoms with Gasteiger partial charge < -0.3 is 25.4 Å². The van der Waals surface area contributed by atoms with E-state index in [9.17, 15) is 33.9 Å². The van der Waals surface area contributed by atoms with E-state index in [-0.39, 0.29) is 30.5 Å². The number of thiazole rings is 1. The highest BCUT2D eigenvalue weighted by atomic mass is 32.1. The Morgan fingerprint density at radius 3 is 2.34 bits per heavy atom. The molecule has 4 aromatic rings. The molecular formula is C44H52N6O8S. The van der Waals surface area contributed by atoms with E-state index in [0.29, 0.717) is 26.5 Å². The number of hydrogen-bond donors (Lipinski definition) is 4. The predicted molar refractivity (Wildman–Crippen MR) is 224 cm³/mol. The van der Waals surface area contributed by atoms with Gasteiger partial charge in [0.05, 0.1) is 21.8 Å². The smallest absolute Gasteiger partial charge is 0.410 e. The van der Waals surface area contributed by atoms with Crippen molar-refractivity contribution in [2.45, 2.75) is 110 Å². The van der Waals surface area contributed by atoms with Crippen molar-refractivity contribution in [3.63, 3.8) is 0 Å². The highest BCUT2D eigenvalue weighted by Gasteiger charge is 2.43. The van der Waals surface area contributed by atoms with Crippen LogP contribution in [0.4, 0.5) is 9.93 Å². The van der Waals surface area contributed by atoms with Crippen LogP contribution in [0.25, 0.3) is 10.2 Å². The van der Waals surface area contributed by atoms with Crippen LogP contribution in [0.2, 0.25) is 0 Å². The number of carbonyl (C=O) groups excluding carboxylic acids is 5. The molecule has 4 N–H and O–H groups in total. The van der Waals surface area contributed by atoms with Crippen molar-refractivity contribution in [3.8, 4) is 0 Å². The van der Waals surface area contributed by atoms with Crippen LogP contribution in [0.3, 0.4) is 0 Å². The average molecular weight is 825 g/mol. The van der Waals surface area contributed by atoms with Gasteiger partial charge >= 0.3 is 12.1 Å². The number of ether oxygens (including phenoxy) is 1. The molecule has 6 rings (SSSR count). The number of carboxylic acid groups (broad SMARTS) is 1. The van der Waals surface area contributed by atoms with Gasteiger partial charge in [-0.05, 0) is 105 Å². The van der Waals surface area contributed by atoms with Gasteiger partial charge in [0.2, 0.25) is 17.7 Å². The summed E-state index contributed by atoms with van der Waals surface area (Å²) in [5.74, 6) is -2.93. The molecule has 14 nitrogen and oxygen atoms in total. The van der Waals surface area contributed by atoms with Gasteiger partial charge in [-0.25, -0.2) is 14.6 Å². The molecule has 2 heterocycles. The van der Waals surface area contributed by atoms with E-state index in [2.05, 4.69) is 27.0 Å². The molecule has 3 aromatic carbocycles. The Hall–Kier alpha value is -5.83. The van der Waals surface area contributed by atoms with Gasteiger partial charge in [0.15, 0.2) is 5.13 Å². The highest BCUT2D eigenvalue weighted by molar-refractivity contribution is 7.22. The number of rotatable bonds is 9. The Morgan fingerprint density at radius 2 is 1.64 bits per heavy atom. The molecule has 0 saturated carbocycles. The second-order valence-corrected chi connectivity index (χ2v) is 18.4. The zero-order valence-electron chi connectivity index (χ0n) is 34.7. The Kier molecular flexibility index (Phi) is 12.2. The van der Waals surface area contributed by atoms with Gasteiger partial charge in [-0.15, -0.1) is 0 Å². The standard InChI is InChI=1S/C44H52N6O8S/c1-24(49(8)42(57)58-44(5,6)7)36(51)47-35(43(2,3)4)39(54)50-23-29-20-27(37(52)48-41-46-32-21-28(40(55)56)18-19-34(32)59-41)17-16-26(29)22-33(50)38(53)45-31-15-11-13-25-12-9-10-14-30(25)31/h9-10,12,14,16-21,24,31,33,35H,11,13,15,22-23H2,1-8H3,(H,45,53)(H,47,51)(H,55,56)(H,46,48,52)/t24?,31-,33?,35?/m1/s1. The fourth-order valence-electron chi connectivity index (χ4n) is 7.39. The molecule has 0 saturated heterocycles. The maximum absolute atomic E-state index is 14.9. The SMILES string of the molecule is CC(C(=O)NC(C(=O)N1Cc2cc(C(=O)Nc3nc4cc(C(=O)O)ccc4s3)ccc2CC1C(=O)N[C@@H]1CCCc2ccccc21)C(C)(C)C)N(C)C(=O)OC(C)(C)C. The van der Waals surface area contributed by atoms with Crippen molar-refractivity contribution in [2.24, 2.45) is 5.41 Å². The molecule has 1 aliphatic carbocycles. The fourth-order valence-corrected chi connectivity index (χ4v) is 8.23. The third-order valence-corrected chi connectivity index (χ3v) is 11.7. The van der Waals surface area contributed by atoms with Crippen LogP contribution in [-0.2, 0) is 38.5 Å². The summed E-state index contributed by atoms with van der Waals surface area (Å²) in [7, 11) is 1.46. The lowest BCUT2D eigenvalue weighted by Gasteiger charge is -2.42. The predicted octanol–water partition coefficient (Wildman–Crippen LogP) is 6.48. The Bertz CT molecular complexity index is 2310. The van der Waals surface area contributed by atoms with Crippen molar-refractivity contribution >= 4 is 62.4 Å². The van der Waals surface area contributed by atoms with E-state index in [4.69, 9.17) is 4.74 Å². The maximum Gasteiger partial charge on any atom is 0.410 e. The second kappa shape index (κ2) is 16.8. The monoisotopic (exact) mass is 824 g/mol. The van der Waals surface area contributed by atoms with Crippen LogP contribution in [0.15, 0.2) is 60.7 Å². The number of aromatic carboxylic acids is 1. The third kappa shape index (κ3) is 9.73. The summed E-state index contributed by atoms with van der Waals surface area (Å²) in [5.41, 5.74) is 2.88. The molecule has 1 aromatic heterocycles. The van der Waals surface area contributed by atoms with Gasteiger partial charge in [-0.3, -0.25) is 29.4 Å². The number of aryl methyl sites for hydroxylation is 1. The number of likely N-dealkylation sites (N-methyl/N-ethyl adjacent to an activating group) is 1. The first kappa shape index (κ1) is 42.8. The van der Waals surface area contributed by atoms with Crippen molar-refractivity contribution in [1.29, 1.82) is 0 Å². The Morgan fingerprint density at radius 1 is 0.932 bits per heavy atom. The minimum Gasteiger partial charge on any atom is -0.478 e. The van der Waals surface area contributed by atoms with Crippen LogP contribution >= 0.6 is 11.3 Å². The summed E-state index contributed by atoms with van der Waals surface area (Å²) in [6.07, 6.45) is 2.03. The third-order valence-electron chi connectivity index (χ3n) is 10.8. The van der Waals surface area contributed by atoms with E-state index in [1.54, 1.807) is 52.0 Å². The summed E-state index contributed by atoms with van der Waals surface area (Å²) in [4.78, 5) is 88.1. The lowest BCUT2D eigenvalue weighted by atomic mass is 9.83. The van der Waals surface area contributed by atoms with Crippen LogP contribution in [-0.4, -0.2) is 86.4 Å². The molecule has 0 spiro atoms. The maximum atomic E-state index is 14.9. The minimum absolute atomic E-state index is 0.0243. The average Bonchev–Trinajstić information content (AvgIpc) is 3.58. The number of aromatic nitrogens is 1. The summed E-state index contributed by atoms with van der Waals surface area (Å²) < 4.78 is 6.17. The number of nitrogens with one attached hydrogen (secondary N) is 3. The molecule has 15 heteroatoms. The van der Waals surface area contributed by atoms with Gasteiger partial charge in [0.25, 0.3) is 5.91 Å². The molecule has 0 radical (unpaired) electrons. The number of anilines is 1. The normalized spacial score (nSPS) is 17.5. The topological polar surface area (TPSA) is 187 Å². The lowest BCUT2D eigenvalue weighted by molar-refractivity contribution is -0.147. The van der Waals surface area contributed by atoms with Crippen LogP contribution in [0.5, 0.6) is 0 Å². The molecule has 3 unspecified atom stereocenters. The molecule has 5 amide bonds. The first-order chi connectivity index (χ1) is 27.7. The van der Waals surface area contributed by atoms with E-state index < -0.39 is 58.9 Å². The van der Waals surface area contributed by atoms with Crippen molar-refractivity contribution in [2.75, 3.05) is 12.4 Å². The molecule has 0 bridgehead atoms. The second-order valence-electron chi connectivity index (χ2n) is 17.4. The number of benzene rings is 3. The van der Waals surface area contributed by atoms with Gasteiger partial charge in [-0.2, -0.15) is 0 Å². The molecule has 4 atom stereocenters. The minimum atomic E-state index is -1.11. The first-order valence-electron chi connectivity index (χ1n) is 19.7. The summed E-state index contributed by atoms with van der Waals surface area (Å²) in [6.45, 7) is 12.2. The first-order valence-corrected chi connectivity index (χ1v) is 20.5. The number of hydrogen-bond acceptors (Lipinski definition) is 9. The van der Waals surface area contributed by atoms with E-state index >= 15 is 0 Å². The molecule has 59 heavy (non-hydrogen) atoms. The Balaban J connectivity index is 1.29. The van der Waals surface area contributed by atoms with Gasteiger partial charge in [0.1, 0.15) is 23.7 Å². The summed E-state index contributed by atoms with van der Waals surface area (Å²) >= 11 is 1.21. The Labute approximate surface area is 347 Å². The largest absolute Gasteiger partial charge is 0.478 e. The fraction of sp³-hybridized carbons (Fsp3) is 0.432. The van der Waals surface area contributed by atoms with Gasteiger partial charge in [0, 0.05) is 25.6 Å². The van der Waals surface area contributed by atoms with Crippen LogP contribution < -0.4 is 16.0 Å². The number of amides is 5. The molecule has 312 valence electrons. The molecule has 0 fully saturated rings. The molecule has 1 aliphatic heterocycles. The van der Waals surface area contributed by atoms with Crippen LogP contribution in [0.1, 0.15) is 110 Å². The molecular weight excluding hydrogens is 773 g/mol. The number of carbonyl (C=O) groups is 6. The quantitative estimate of drug-likeness (QED) is 0.147. The summed E-state index contributed by atoms with van der Waals surface area (Å²) in [6, 6.07) is 14.5. The summed E-state index contributed by atoms with van der Waals surface area (Å²) in [5, 5.41) is 18.6. The zero-order valence-corrected chi connectivity index (χ0v) is 35.5. The molecule has 2 aliphatic rings.